The Morgan fingerprint density at radius 1 is 1.17 bits per heavy atom. The molecule has 0 aromatic rings. The van der Waals surface area contributed by atoms with E-state index < -0.39 is 7.82 Å². The number of phosphoric acid groups is 1. The number of hydrogen-bond donors (Lipinski definition) is 3. The van der Waals surface area contributed by atoms with Crippen LogP contribution in [0.1, 0.15) is 58.3 Å². The van der Waals surface area contributed by atoms with E-state index in [1.54, 1.807) is 6.92 Å². The maximum atomic E-state index is 11.9. The van der Waals surface area contributed by atoms with Gasteiger partial charge in [-0.05, 0) is 32.6 Å². The van der Waals surface area contributed by atoms with Crippen molar-refractivity contribution in [2.45, 2.75) is 75.6 Å². The Hall–Kier alpha value is -0.800. The highest BCUT2D eigenvalue weighted by Crippen LogP contribution is 2.48. The molecule has 3 N–H and O–H groups in total. The van der Waals surface area contributed by atoms with Crippen LogP contribution < -0.4 is 16.0 Å². The average molecular weight is 466 g/mol. The van der Waals surface area contributed by atoms with Crippen molar-refractivity contribution >= 4 is 31.5 Å². The predicted octanol–water partition coefficient (Wildman–Crippen LogP) is 3.20. The monoisotopic (exact) mass is 465 g/mol. The number of carbonyl (C=O) groups is 2. The number of phosphoric ester groups is 1. The molecule has 0 radical (unpaired) electrons. The molecule has 2 aliphatic rings. The first-order chi connectivity index (χ1) is 14.5. The van der Waals surface area contributed by atoms with Gasteiger partial charge in [0.25, 0.3) is 0 Å². The van der Waals surface area contributed by atoms with E-state index in [1.807, 2.05) is 11.8 Å². The van der Waals surface area contributed by atoms with Gasteiger partial charge in [-0.3, -0.25) is 18.4 Å². The second-order valence-electron chi connectivity index (χ2n) is 7.51. The molecule has 0 spiro atoms. The number of fused-ring (bicyclic) bond motifs is 1. The van der Waals surface area contributed by atoms with Gasteiger partial charge >= 0.3 is 13.9 Å². The number of carbonyl (C=O) groups excluding carboxylic acids is 2. The lowest BCUT2D eigenvalue weighted by Gasteiger charge is -2.16. The summed E-state index contributed by atoms with van der Waals surface area (Å²) < 4.78 is 26.9. The first-order valence-electron chi connectivity index (χ1n) is 10.9. The molecule has 0 aliphatic carbocycles. The normalized spacial score (nSPS) is 24.7. The Labute approximate surface area is 183 Å². The molecular weight excluding hydrogens is 429 g/mol. The lowest BCUT2D eigenvalue weighted by Crippen LogP contribution is -2.36. The van der Waals surface area contributed by atoms with E-state index in [1.165, 1.54) is 7.11 Å². The lowest BCUT2D eigenvalue weighted by atomic mass is 10.0. The van der Waals surface area contributed by atoms with Crippen molar-refractivity contribution in [1.82, 2.24) is 16.0 Å². The Bertz CT molecular complexity index is 597. The van der Waals surface area contributed by atoms with Crippen LogP contribution in [0.4, 0.5) is 4.79 Å². The van der Waals surface area contributed by atoms with Crippen LogP contribution in [-0.4, -0.2) is 61.9 Å². The molecule has 11 heteroatoms. The minimum atomic E-state index is -3.38. The van der Waals surface area contributed by atoms with Crippen LogP contribution in [0.2, 0.25) is 0 Å². The van der Waals surface area contributed by atoms with Crippen LogP contribution in [0.25, 0.3) is 0 Å². The number of hydrogen-bond acceptors (Lipinski definition) is 7. The number of rotatable bonds is 16. The Kier molecular flexibility index (Phi) is 11.5. The largest absolute Gasteiger partial charge is 0.474 e. The molecule has 2 saturated heterocycles. The molecule has 9 nitrogen and oxygen atoms in total. The molecule has 2 rings (SSSR count). The van der Waals surface area contributed by atoms with Gasteiger partial charge in [0, 0.05) is 31.1 Å². The van der Waals surface area contributed by atoms with Crippen molar-refractivity contribution in [2.75, 3.05) is 32.6 Å². The zero-order valence-electron chi connectivity index (χ0n) is 18.0. The summed E-state index contributed by atoms with van der Waals surface area (Å²) in [6.07, 6.45) is 7.03. The van der Waals surface area contributed by atoms with E-state index in [9.17, 15) is 14.2 Å². The summed E-state index contributed by atoms with van der Waals surface area (Å²) in [6, 6.07) is 0.446. The number of urea groups is 1. The van der Waals surface area contributed by atoms with Crippen molar-refractivity contribution in [2.24, 2.45) is 0 Å². The third-order valence-electron chi connectivity index (χ3n) is 5.23. The molecule has 0 saturated carbocycles. The molecule has 174 valence electrons. The molecule has 4 atom stereocenters. The Morgan fingerprint density at radius 2 is 1.97 bits per heavy atom. The summed E-state index contributed by atoms with van der Waals surface area (Å²) in [4.78, 5) is 23.3. The summed E-state index contributed by atoms with van der Waals surface area (Å²) in [5.41, 5.74) is 0. The summed E-state index contributed by atoms with van der Waals surface area (Å²) in [7, 11) is -2.07. The maximum Gasteiger partial charge on any atom is 0.474 e. The molecule has 3 amide bonds. The highest BCUT2D eigenvalue weighted by atomic mass is 32.2. The molecular formula is C19H36N3O6PS. The number of amides is 3. The van der Waals surface area contributed by atoms with E-state index in [4.69, 9.17) is 13.6 Å². The first kappa shape index (κ1) is 25.5. The minimum absolute atomic E-state index is 0.0531. The predicted molar refractivity (Wildman–Crippen MR) is 118 cm³/mol. The number of unbranched alkanes of at least 4 members (excludes halogenated alkanes) is 4. The topological polar surface area (TPSA) is 115 Å². The fourth-order valence-corrected chi connectivity index (χ4v) is 6.15. The van der Waals surface area contributed by atoms with Gasteiger partial charge in [0.05, 0.1) is 25.3 Å². The molecule has 0 bridgehead atoms. The standard InChI is InChI=1S/C19H36N3O6PS/c1-3-27-29(25,26-2)28-13-9-5-4-8-12-20-17(23)11-7-6-10-16-18-15(14-30-16)21-19(24)22-18/h15-16,18H,3-14H2,1-2H3,(H,20,23)(H2,21,22,24). The fourth-order valence-electron chi connectivity index (χ4n) is 3.65. The lowest BCUT2D eigenvalue weighted by molar-refractivity contribution is -0.121. The van der Waals surface area contributed by atoms with Gasteiger partial charge in [-0.1, -0.05) is 19.3 Å². The SMILES string of the molecule is CCOP(=O)(OC)OCCCCCCNC(=O)CCCCC1SCC2NC(=O)NC21. The van der Waals surface area contributed by atoms with Crippen molar-refractivity contribution in [3.63, 3.8) is 0 Å². The fraction of sp³-hybridized carbons (Fsp3) is 0.895. The second kappa shape index (κ2) is 13.6. The van der Waals surface area contributed by atoms with Gasteiger partial charge in [0.2, 0.25) is 5.91 Å². The van der Waals surface area contributed by atoms with Gasteiger partial charge in [-0.25, -0.2) is 9.36 Å². The third kappa shape index (κ3) is 8.75. The highest BCUT2D eigenvalue weighted by Gasteiger charge is 2.42. The van der Waals surface area contributed by atoms with E-state index in [2.05, 4.69) is 16.0 Å². The van der Waals surface area contributed by atoms with Crippen molar-refractivity contribution in [1.29, 1.82) is 0 Å². The summed E-state index contributed by atoms with van der Waals surface area (Å²) >= 11 is 1.91. The van der Waals surface area contributed by atoms with Crippen molar-refractivity contribution in [3.05, 3.63) is 0 Å². The van der Waals surface area contributed by atoms with E-state index in [0.29, 0.717) is 24.8 Å². The van der Waals surface area contributed by atoms with E-state index in [-0.39, 0.29) is 30.6 Å². The Morgan fingerprint density at radius 3 is 2.73 bits per heavy atom. The average Bonchev–Trinajstić information content (AvgIpc) is 3.27. The third-order valence-corrected chi connectivity index (χ3v) is 8.26. The molecule has 0 aromatic carbocycles. The van der Waals surface area contributed by atoms with Gasteiger partial charge in [0.15, 0.2) is 0 Å². The summed E-state index contributed by atoms with van der Waals surface area (Å²) in [5, 5.41) is 9.37. The maximum absolute atomic E-state index is 11.9. The second-order valence-corrected chi connectivity index (χ2v) is 10.6. The van der Waals surface area contributed by atoms with Crippen LogP contribution in [0.3, 0.4) is 0 Å². The van der Waals surface area contributed by atoms with Crippen LogP contribution >= 0.6 is 19.6 Å². The highest BCUT2D eigenvalue weighted by molar-refractivity contribution is 8.00. The smallest absolute Gasteiger partial charge is 0.356 e. The van der Waals surface area contributed by atoms with Crippen LogP contribution in [0.15, 0.2) is 0 Å². The van der Waals surface area contributed by atoms with Gasteiger partial charge < -0.3 is 16.0 Å². The summed E-state index contributed by atoms with van der Waals surface area (Å²) in [5.74, 6) is 1.07. The first-order valence-corrected chi connectivity index (χ1v) is 13.4. The Balaban J connectivity index is 1.40. The van der Waals surface area contributed by atoms with E-state index >= 15 is 0 Å². The van der Waals surface area contributed by atoms with Gasteiger partial charge in [0.1, 0.15) is 0 Å². The minimum Gasteiger partial charge on any atom is -0.356 e. The van der Waals surface area contributed by atoms with Gasteiger partial charge in [-0.2, -0.15) is 11.8 Å². The van der Waals surface area contributed by atoms with Gasteiger partial charge in [-0.15, -0.1) is 0 Å². The number of nitrogens with one attached hydrogen (secondary N) is 3. The zero-order chi connectivity index (χ0) is 21.8. The summed E-state index contributed by atoms with van der Waals surface area (Å²) in [6.45, 7) is 3.02. The molecule has 0 aromatic heterocycles. The van der Waals surface area contributed by atoms with Crippen LogP contribution in [0, 0.1) is 0 Å². The molecule has 2 fully saturated rings. The van der Waals surface area contributed by atoms with Crippen molar-refractivity contribution in [3.8, 4) is 0 Å². The zero-order valence-corrected chi connectivity index (χ0v) is 19.7. The molecule has 30 heavy (non-hydrogen) atoms. The van der Waals surface area contributed by atoms with E-state index in [0.717, 1.165) is 50.7 Å². The number of thioether (sulfide) groups is 1. The van der Waals surface area contributed by atoms with Crippen LogP contribution in [0.5, 0.6) is 0 Å². The van der Waals surface area contributed by atoms with Crippen LogP contribution in [-0.2, 0) is 22.9 Å². The molecule has 2 aliphatic heterocycles. The quantitative estimate of drug-likeness (QED) is 0.182. The molecule has 2 heterocycles. The molecule has 4 unspecified atom stereocenters. The van der Waals surface area contributed by atoms with Crippen molar-refractivity contribution < 1.29 is 27.7 Å².